The Morgan fingerprint density at radius 1 is 0.883 bits per heavy atom. The minimum Gasteiger partial charge on any atom is -0.467 e. The molecule has 4 amide bonds. The molecule has 2 aliphatic rings. The number of esters is 2. The molecule has 0 spiro atoms. The highest BCUT2D eigenvalue weighted by Crippen LogP contribution is 2.31. The number of rotatable bonds is 14. The molecule has 60 heavy (non-hydrogen) atoms. The SMILES string of the molecule is CCOC(=O)N1CCN(C(=O)[C@H](CCC(=O)OC(C)(C)C)NC(=O)c2cc(OCC(=O)N3CCC[C@H]3C(=O)OCc3ccccc3)n(-c3ccc(C(F)(F)F)cc3)n2)CC1. The van der Waals surface area contributed by atoms with E-state index in [9.17, 15) is 41.9 Å². The highest BCUT2D eigenvalue weighted by atomic mass is 19.4. The number of alkyl halides is 3. The van der Waals surface area contributed by atoms with E-state index in [1.54, 1.807) is 52.0 Å². The molecule has 0 saturated carbocycles. The number of hydrogen-bond donors (Lipinski definition) is 1. The number of likely N-dealkylation sites (tertiary alicyclic amines) is 1. The first kappa shape index (κ1) is 45.0. The first-order chi connectivity index (χ1) is 28.4. The third kappa shape index (κ3) is 12.2. The van der Waals surface area contributed by atoms with E-state index in [4.69, 9.17) is 18.9 Å². The second-order valence-corrected chi connectivity index (χ2v) is 15.1. The lowest BCUT2D eigenvalue weighted by molar-refractivity contribution is -0.155. The normalized spacial score (nSPS) is 16.2. The summed E-state index contributed by atoms with van der Waals surface area (Å²) in [5.74, 6) is -3.43. The van der Waals surface area contributed by atoms with Crippen LogP contribution in [0.2, 0.25) is 0 Å². The second-order valence-electron chi connectivity index (χ2n) is 15.1. The standard InChI is InChI=1S/C41H49F3N6O10/c1-5-57-39(56)48-22-20-47(21-23-48)37(54)30(17-18-35(52)60-40(2,3)4)45-36(53)31-24-34(50(46-31)29-15-13-28(14-16-29)41(42,43)44)58-26-33(51)49-19-9-12-32(49)38(55)59-25-27-10-7-6-8-11-27/h6-8,10-11,13-16,24,30,32H,5,9,12,17-23,25-26H2,1-4H3,(H,45,53)/t30-,32-/m0/s1. The molecular weight excluding hydrogens is 793 g/mol. The quantitative estimate of drug-likeness (QED) is 0.178. The van der Waals surface area contributed by atoms with Crippen molar-refractivity contribution in [1.82, 2.24) is 29.8 Å². The summed E-state index contributed by atoms with van der Waals surface area (Å²) in [4.78, 5) is 83.4. The van der Waals surface area contributed by atoms with Gasteiger partial charge in [-0.05, 0) is 76.8 Å². The maximum Gasteiger partial charge on any atom is 0.416 e. The minimum absolute atomic E-state index is 0.0193. The average molecular weight is 843 g/mol. The molecule has 2 aromatic carbocycles. The Morgan fingerprint density at radius 3 is 2.18 bits per heavy atom. The monoisotopic (exact) mass is 842 g/mol. The minimum atomic E-state index is -4.64. The summed E-state index contributed by atoms with van der Waals surface area (Å²) in [5.41, 5.74) is -1.27. The van der Waals surface area contributed by atoms with Crippen LogP contribution in [0.1, 0.15) is 75.0 Å². The number of benzene rings is 2. The van der Waals surface area contributed by atoms with Gasteiger partial charge >= 0.3 is 24.2 Å². The van der Waals surface area contributed by atoms with Crippen LogP contribution in [0.25, 0.3) is 5.69 Å². The number of nitrogens with one attached hydrogen (secondary N) is 1. The highest BCUT2D eigenvalue weighted by molar-refractivity contribution is 5.96. The molecule has 19 heteroatoms. The van der Waals surface area contributed by atoms with Gasteiger partial charge in [-0.1, -0.05) is 30.3 Å². The van der Waals surface area contributed by atoms with Crippen molar-refractivity contribution in [3.63, 3.8) is 0 Å². The molecule has 0 unspecified atom stereocenters. The van der Waals surface area contributed by atoms with Crippen molar-refractivity contribution in [2.45, 2.75) is 83.8 Å². The molecule has 3 aromatic rings. The van der Waals surface area contributed by atoms with Crippen LogP contribution in [0, 0.1) is 0 Å². The van der Waals surface area contributed by atoms with Gasteiger partial charge < -0.3 is 39.0 Å². The summed E-state index contributed by atoms with van der Waals surface area (Å²) in [6.45, 7) is 7.11. The molecule has 1 aromatic heterocycles. The molecule has 0 radical (unpaired) electrons. The third-order valence-electron chi connectivity index (χ3n) is 9.54. The molecule has 324 valence electrons. The molecule has 0 aliphatic carbocycles. The fourth-order valence-electron chi connectivity index (χ4n) is 6.60. The van der Waals surface area contributed by atoms with Crippen molar-refractivity contribution < 1.29 is 60.9 Å². The van der Waals surface area contributed by atoms with Gasteiger partial charge in [-0.25, -0.2) is 14.3 Å². The Kier molecular flexibility index (Phi) is 14.8. The Hall–Kier alpha value is -6.14. The van der Waals surface area contributed by atoms with Gasteiger partial charge in [0.1, 0.15) is 24.3 Å². The van der Waals surface area contributed by atoms with E-state index in [2.05, 4.69) is 10.4 Å². The fraction of sp³-hybridized carbons (Fsp3) is 0.488. The number of carbonyl (C=O) groups is 6. The van der Waals surface area contributed by atoms with Gasteiger partial charge in [-0.2, -0.15) is 18.3 Å². The number of piperazine rings is 1. The summed E-state index contributed by atoms with van der Waals surface area (Å²) in [6, 6.07) is 11.9. The summed E-state index contributed by atoms with van der Waals surface area (Å²) in [6.07, 6.45) is -4.68. The van der Waals surface area contributed by atoms with Crippen LogP contribution in [0.5, 0.6) is 5.88 Å². The van der Waals surface area contributed by atoms with Gasteiger partial charge in [0, 0.05) is 45.2 Å². The summed E-state index contributed by atoms with van der Waals surface area (Å²) < 4.78 is 63.1. The van der Waals surface area contributed by atoms with E-state index >= 15 is 0 Å². The maximum absolute atomic E-state index is 13.9. The smallest absolute Gasteiger partial charge is 0.416 e. The molecule has 2 atom stereocenters. The van der Waals surface area contributed by atoms with E-state index in [1.807, 2.05) is 6.07 Å². The molecule has 2 aliphatic heterocycles. The van der Waals surface area contributed by atoms with Crippen LogP contribution >= 0.6 is 0 Å². The first-order valence-corrected chi connectivity index (χ1v) is 19.6. The highest BCUT2D eigenvalue weighted by Gasteiger charge is 2.37. The fourth-order valence-corrected chi connectivity index (χ4v) is 6.60. The van der Waals surface area contributed by atoms with Crippen LogP contribution in [-0.2, 0) is 46.2 Å². The predicted molar refractivity (Wildman–Crippen MR) is 207 cm³/mol. The van der Waals surface area contributed by atoms with Gasteiger partial charge in [0.25, 0.3) is 11.8 Å². The zero-order valence-corrected chi connectivity index (χ0v) is 33.9. The number of hydrogen-bond acceptors (Lipinski definition) is 11. The van der Waals surface area contributed by atoms with Crippen molar-refractivity contribution in [1.29, 1.82) is 0 Å². The summed E-state index contributed by atoms with van der Waals surface area (Å²) >= 11 is 0. The van der Waals surface area contributed by atoms with E-state index in [1.165, 1.54) is 14.7 Å². The first-order valence-electron chi connectivity index (χ1n) is 19.6. The van der Waals surface area contributed by atoms with Crippen molar-refractivity contribution in [2.24, 2.45) is 0 Å². The van der Waals surface area contributed by atoms with Crippen LogP contribution in [0.3, 0.4) is 0 Å². The zero-order chi connectivity index (χ0) is 43.6. The lowest BCUT2D eigenvalue weighted by Crippen LogP contribution is -2.56. The molecule has 16 nitrogen and oxygen atoms in total. The molecule has 5 rings (SSSR count). The number of carbonyl (C=O) groups excluding carboxylic acids is 6. The van der Waals surface area contributed by atoms with Crippen LogP contribution < -0.4 is 10.1 Å². The van der Waals surface area contributed by atoms with E-state index < -0.39 is 71.8 Å². The largest absolute Gasteiger partial charge is 0.467 e. The molecule has 2 fully saturated rings. The number of amides is 4. The lowest BCUT2D eigenvalue weighted by Gasteiger charge is -2.36. The predicted octanol–water partition coefficient (Wildman–Crippen LogP) is 4.53. The Bertz CT molecular complexity index is 1990. The van der Waals surface area contributed by atoms with Crippen molar-refractivity contribution in [3.8, 4) is 11.6 Å². The van der Waals surface area contributed by atoms with Crippen LogP contribution in [0.4, 0.5) is 18.0 Å². The number of aromatic nitrogens is 2. The van der Waals surface area contributed by atoms with E-state index in [-0.39, 0.29) is 76.0 Å². The zero-order valence-electron chi connectivity index (χ0n) is 33.9. The summed E-state index contributed by atoms with van der Waals surface area (Å²) in [5, 5.41) is 6.91. The molecule has 1 N–H and O–H groups in total. The summed E-state index contributed by atoms with van der Waals surface area (Å²) in [7, 11) is 0. The van der Waals surface area contributed by atoms with Crippen molar-refractivity contribution in [2.75, 3.05) is 45.9 Å². The Balaban J connectivity index is 1.34. The van der Waals surface area contributed by atoms with Crippen molar-refractivity contribution >= 4 is 35.8 Å². The molecule has 0 bridgehead atoms. The number of ether oxygens (including phenoxy) is 4. The van der Waals surface area contributed by atoms with Crippen LogP contribution in [0.15, 0.2) is 60.7 Å². The van der Waals surface area contributed by atoms with Gasteiger partial charge in [0.15, 0.2) is 12.3 Å². The molecule has 2 saturated heterocycles. The molecular formula is C41H49F3N6O10. The Labute approximate surface area is 344 Å². The van der Waals surface area contributed by atoms with Crippen molar-refractivity contribution in [3.05, 3.63) is 77.5 Å². The number of halogens is 3. The van der Waals surface area contributed by atoms with E-state index in [0.717, 1.165) is 40.6 Å². The van der Waals surface area contributed by atoms with Gasteiger partial charge in [0.05, 0.1) is 17.9 Å². The average Bonchev–Trinajstić information content (AvgIpc) is 3.89. The van der Waals surface area contributed by atoms with E-state index in [0.29, 0.717) is 12.8 Å². The van der Waals surface area contributed by atoms with Gasteiger partial charge in [0.2, 0.25) is 11.8 Å². The number of nitrogens with zero attached hydrogens (tertiary/aromatic N) is 5. The third-order valence-corrected chi connectivity index (χ3v) is 9.54. The lowest BCUT2D eigenvalue weighted by atomic mass is 10.1. The topological polar surface area (TPSA) is 179 Å². The van der Waals surface area contributed by atoms with Gasteiger partial charge in [-0.15, -0.1) is 0 Å². The van der Waals surface area contributed by atoms with Crippen LogP contribution in [-0.4, -0.2) is 124 Å². The second kappa shape index (κ2) is 19.7. The van der Waals surface area contributed by atoms with Gasteiger partial charge in [-0.3, -0.25) is 19.2 Å². The Morgan fingerprint density at radius 2 is 1.55 bits per heavy atom. The maximum atomic E-state index is 13.9. The molecule has 3 heterocycles.